The van der Waals surface area contributed by atoms with Gasteiger partial charge in [-0.2, -0.15) is 0 Å². The van der Waals surface area contributed by atoms with Gasteiger partial charge in [0.25, 0.3) is 5.56 Å². The highest BCUT2D eigenvalue weighted by Crippen LogP contribution is 2.11. The molecule has 27 heavy (non-hydrogen) atoms. The molecule has 0 bridgehead atoms. The van der Waals surface area contributed by atoms with Gasteiger partial charge in [0.15, 0.2) is 4.77 Å². The van der Waals surface area contributed by atoms with Gasteiger partial charge in [-0.1, -0.05) is 26.3 Å². The Morgan fingerprint density at radius 3 is 2.59 bits per heavy atom. The number of esters is 1. The Kier molecular flexibility index (Phi) is 10.1. The molecule has 1 rings (SSSR count). The molecular formula is C20H32N2O4S. The van der Waals surface area contributed by atoms with Crippen LogP contribution in [0.1, 0.15) is 59.3 Å². The van der Waals surface area contributed by atoms with Crippen molar-refractivity contribution in [2.24, 2.45) is 7.05 Å². The molecule has 0 spiro atoms. The Morgan fingerprint density at radius 1 is 1.30 bits per heavy atom. The molecule has 1 heterocycles. The van der Waals surface area contributed by atoms with E-state index in [1.807, 2.05) is 11.5 Å². The summed E-state index contributed by atoms with van der Waals surface area (Å²) in [6, 6.07) is 0. The van der Waals surface area contributed by atoms with Crippen LogP contribution in [0.5, 0.6) is 5.75 Å². The van der Waals surface area contributed by atoms with Gasteiger partial charge in [-0.05, 0) is 51.7 Å². The number of hydrogen-bond donors (Lipinski definition) is 0. The Bertz CT molecular complexity index is 751. The maximum Gasteiger partial charge on any atom is 0.333 e. The molecule has 7 heteroatoms. The minimum atomic E-state index is -0.337. The van der Waals surface area contributed by atoms with E-state index >= 15 is 0 Å². The molecule has 1 aromatic rings. The molecule has 1 atom stereocenters. The van der Waals surface area contributed by atoms with Crippen molar-refractivity contribution in [3.8, 4) is 5.75 Å². The van der Waals surface area contributed by atoms with Crippen molar-refractivity contribution in [3.05, 3.63) is 33.5 Å². The lowest BCUT2D eigenvalue weighted by Crippen LogP contribution is -2.26. The van der Waals surface area contributed by atoms with E-state index in [1.165, 1.54) is 4.57 Å². The first-order valence-electron chi connectivity index (χ1n) is 9.57. The minimum absolute atomic E-state index is 0.00552. The fraction of sp³-hybridized carbons (Fsp3) is 0.650. The maximum absolute atomic E-state index is 12.3. The molecule has 0 N–H and O–H groups in total. The van der Waals surface area contributed by atoms with Crippen molar-refractivity contribution in [3.63, 3.8) is 0 Å². The zero-order chi connectivity index (χ0) is 20.4. The third-order valence-electron chi connectivity index (χ3n) is 4.22. The lowest BCUT2D eigenvalue weighted by Gasteiger charge is -2.16. The number of rotatable bonds is 12. The summed E-state index contributed by atoms with van der Waals surface area (Å²) in [7, 11) is 1.68. The van der Waals surface area contributed by atoms with E-state index in [0.29, 0.717) is 22.7 Å². The fourth-order valence-electron chi connectivity index (χ4n) is 2.65. The van der Waals surface area contributed by atoms with E-state index in [2.05, 4.69) is 13.5 Å². The topological polar surface area (TPSA) is 62.5 Å². The predicted molar refractivity (Wildman–Crippen MR) is 110 cm³/mol. The zero-order valence-corrected chi connectivity index (χ0v) is 17.8. The number of unbranched alkanes of at least 4 members (excludes halogenated alkanes) is 3. The van der Waals surface area contributed by atoms with Crippen LogP contribution in [0.3, 0.4) is 0 Å². The van der Waals surface area contributed by atoms with Gasteiger partial charge in [0.2, 0.25) is 5.75 Å². The van der Waals surface area contributed by atoms with Crippen LogP contribution in [-0.4, -0.2) is 27.8 Å². The number of aromatic nitrogens is 2. The third kappa shape index (κ3) is 7.71. The van der Waals surface area contributed by atoms with Crippen LogP contribution in [0.25, 0.3) is 0 Å². The Morgan fingerprint density at radius 2 is 1.96 bits per heavy atom. The van der Waals surface area contributed by atoms with E-state index < -0.39 is 0 Å². The number of aryl methyl sites for hydroxylation is 1. The first-order chi connectivity index (χ1) is 12.8. The summed E-state index contributed by atoms with van der Waals surface area (Å²) in [6.07, 6.45) is 7.31. The quantitative estimate of drug-likeness (QED) is 0.230. The van der Waals surface area contributed by atoms with E-state index in [-0.39, 0.29) is 17.6 Å². The molecule has 0 fully saturated rings. The second kappa shape index (κ2) is 11.7. The van der Waals surface area contributed by atoms with Crippen molar-refractivity contribution in [1.29, 1.82) is 0 Å². The van der Waals surface area contributed by atoms with Crippen LogP contribution >= 0.6 is 12.2 Å². The summed E-state index contributed by atoms with van der Waals surface area (Å²) >= 11 is 5.38. The number of ether oxygens (including phenoxy) is 2. The van der Waals surface area contributed by atoms with Gasteiger partial charge in [-0.15, -0.1) is 0 Å². The van der Waals surface area contributed by atoms with Gasteiger partial charge in [0.1, 0.15) is 0 Å². The molecule has 0 amide bonds. The highest BCUT2D eigenvalue weighted by molar-refractivity contribution is 7.71. The van der Waals surface area contributed by atoms with Gasteiger partial charge < -0.3 is 14.0 Å². The molecule has 1 aromatic heterocycles. The van der Waals surface area contributed by atoms with Crippen LogP contribution in [0.15, 0.2) is 23.1 Å². The van der Waals surface area contributed by atoms with Crippen molar-refractivity contribution in [2.45, 2.75) is 71.9 Å². The first-order valence-corrected chi connectivity index (χ1v) is 9.98. The van der Waals surface area contributed by atoms with Crippen LogP contribution in [0, 0.1) is 4.77 Å². The third-order valence-corrected chi connectivity index (χ3v) is 4.73. The summed E-state index contributed by atoms with van der Waals surface area (Å²) in [5.41, 5.74) is 0.226. The molecule has 0 aliphatic rings. The average molecular weight is 397 g/mol. The number of nitrogens with zero attached hydrogens (tertiary/aromatic N) is 2. The highest BCUT2D eigenvalue weighted by atomic mass is 32.1. The maximum atomic E-state index is 12.3. The summed E-state index contributed by atoms with van der Waals surface area (Å²) in [5, 5.41) is 0. The summed E-state index contributed by atoms with van der Waals surface area (Å²) in [6.45, 7) is 10.4. The van der Waals surface area contributed by atoms with Gasteiger partial charge in [0.05, 0.1) is 18.9 Å². The van der Waals surface area contributed by atoms with E-state index in [9.17, 15) is 9.59 Å². The number of carbonyl (C=O) groups is 1. The zero-order valence-electron chi connectivity index (χ0n) is 17.0. The summed E-state index contributed by atoms with van der Waals surface area (Å²) in [4.78, 5) is 23.6. The Balaban J connectivity index is 2.54. The van der Waals surface area contributed by atoms with Crippen molar-refractivity contribution >= 4 is 18.2 Å². The largest absolute Gasteiger partial charge is 0.484 e. The molecule has 0 aliphatic heterocycles. The Labute approximate surface area is 166 Å². The molecule has 1 unspecified atom stereocenters. The molecule has 0 saturated carbocycles. The molecule has 152 valence electrons. The van der Waals surface area contributed by atoms with E-state index in [1.54, 1.807) is 20.2 Å². The fourth-order valence-corrected chi connectivity index (χ4v) is 2.87. The molecule has 0 radical (unpaired) electrons. The lowest BCUT2D eigenvalue weighted by molar-refractivity contribution is -0.139. The van der Waals surface area contributed by atoms with Crippen molar-refractivity contribution in [2.75, 3.05) is 6.61 Å². The molecular weight excluding hydrogens is 364 g/mol. The SMILES string of the molecule is C=C(C)C(=O)OCCCCCCn1cc(OC(C)CCC)c(=O)n(C)c1=S. The van der Waals surface area contributed by atoms with Gasteiger partial charge in [-0.25, -0.2) is 4.79 Å². The second-order valence-corrected chi connectivity index (χ2v) is 7.25. The van der Waals surface area contributed by atoms with Crippen LogP contribution in [0.4, 0.5) is 0 Å². The number of carbonyl (C=O) groups excluding carboxylic acids is 1. The van der Waals surface area contributed by atoms with Gasteiger partial charge >= 0.3 is 5.97 Å². The highest BCUT2D eigenvalue weighted by Gasteiger charge is 2.11. The Hall–Kier alpha value is -1.89. The van der Waals surface area contributed by atoms with Crippen LogP contribution < -0.4 is 10.3 Å². The van der Waals surface area contributed by atoms with Gasteiger partial charge in [-0.3, -0.25) is 9.36 Å². The standard InChI is InChI=1S/C20H32N2O4S/c1-6-11-16(4)26-17-14-22(20(27)21(5)18(17)23)12-9-7-8-10-13-25-19(24)15(2)3/h14,16H,2,6-13H2,1,3-5H3. The second-order valence-electron chi connectivity index (χ2n) is 6.88. The van der Waals surface area contributed by atoms with Crippen molar-refractivity contribution < 1.29 is 14.3 Å². The number of hydrogen-bond acceptors (Lipinski definition) is 5. The van der Waals surface area contributed by atoms with Crippen LogP contribution in [0.2, 0.25) is 0 Å². The smallest absolute Gasteiger partial charge is 0.333 e. The lowest BCUT2D eigenvalue weighted by atomic mass is 10.2. The van der Waals surface area contributed by atoms with E-state index in [0.717, 1.165) is 45.1 Å². The minimum Gasteiger partial charge on any atom is -0.484 e. The average Bonchev–Trinajstić information content (AvgIpc) is 2.62. The first kappa shape index (κ1) is 23.1. The summed E-state index contributed by atoms with van der Waals surface area (Å²) in [5.74, 6) is 0.00935. The summed E-state index contributed by atoms with van der Waals surface area (Å²) < 4.78 is 14.7. The van der Waals surface area contributed by atoms with Crippen molar-refractivity contribution in [1.82, 2.24) is 9.13 Å². The molecule has 6 nitrogen and oxygen atoms in total. The normalized spacial score (nSPS) is 11.9. The van der Waals surface area contributed by atoms with Gasteiger partial charge in [0, 0.05) is 19.2 Å². The van der Waals surface area contributed by atoms with Crippen LogP contribution in [-0.2, 0) is 23.1 Å². The molecule has 0 aliphatic carbocycles. The molecule has 0 aromatic carbocycles. The monoisotopic (exact) mass is 396 g/mol. The predicted octanol–water partition coefficient (Wildman–Crippen LogP) is 4.16. The molecule has 0 saturated heterocycles. The van der Waals surface area contributed by atoms with E-state index in [4.69, 9.17) is 21.7 Å².